The largest absolute Gasteiger partial charge is 0.595 e. The molecular formula is C37H55N5O8. The number of hydrogen-bond acceptors (Lipinski definition) is 10. The molecule has 11 unspecified atom stereocenters. The number of amides is 1. The number of nitrogens with zero attached hydrogens (tertiary/aromatic N) is 1. The van der Waals surface area contributed by atoms with Gasteiger partial charge in [-0.25, -0.2) is 10.4 Å². The number of esters is 1. The average Bonchev–Trinajstić information content (AvgIpc) is 3.36. The van der Waals surface area contributed by atoms with Crippen LogP contribution in [0.15, 0.2) is 34.9 Å². The Bertz CT molecular complexity index is 1510. The zero-order valence-electron chi connectivity index (χ0n) is 30.2. The van der Waals surface area contributed by atoms with Crippen LogP contribution in [0.3, 0.4) is 0 Å². The Labute approximate surface area is 294 Å². The lowest BCUT2D eigenvalue weighted by Gasteiger charge is -2.58. The number of quaternary nitrogens is 2. The molecule has 0 saturated heterocycles. The number of ketones is 1. The molecular weight excluding hydrogens is 642 g/mol. The van der Waals surface area contributed by atoms with Crippen LogP contribution in [0, 0.1) is 56.8 Å². The summed E-state index contributed by atoms with van der Waals surface area (Å²) < 4.78 is 5.63. The molecule has 13 nitrogen and oxygen atoms in total. The van der Waals surface area contributed by atoms with Crippen molar-refractivity contribution in [1.82, 2.24) is 5.32 Å². The number of ether oxygens (including phenoxy) is 1. The molecule has 3 fully saturated rings. The number of hydrogen-bond donors (Lipinski definition) is 6. The lowest BCUT2D eigenvalue weighted by Crippen LogP contribution is -3.00. The third-order valence-corrected chi connectivity index (χ3v) is 12.7. The minimum Gasteiger partial charge on any atom is -0.595 e. The fourth-order valence-electron chi connectivity index (χ4n) is 10.1. The van der Waals surface area contributed by atoms with Crippen molar-refractivity contribution in [3.8, 4) is 0 Å². The number of hydrazone groups is 1. The molecule has 0 radical (unpaired) electrons. The Morgan fingerprint density at radius 1 is 1.06 bits per heavy atom. The maximum Gasteiger partial charge on any atom is 0.302 e. The highest BCUT2D eigenvalue weighted by Crippen LogP contribution is 2.66. The van der Waals surface area contributed by atoms with E-state index >= 15 is 0 Å². The van der Waals surface area contributed by atoms with Crippen molar-refractivity contribution in [2.24, 2.45) is 51.4 Å². The van der Waals surface area contributed by atoms with E-state index in [-0.39, 0.29) is 75.3 Å². The van der Waals surface area contributed by atoms with Gasteiger partial charge in [-0.3, -0.25) is 19.8 Å². The first kappa shape index (κ1) is 38.0. The molecule has 0 aromatic heterocycles. The maximum absolute atomic E-state index is 13.9. The van der Waals surface area contributed by atoms with Gasteiger partial charge in [0.15, 0.2) is 11.4 Å². The van der Waals surface area contributed by atoms with E-state index in [0.29, 0.717) is 37.6 Å². The van der Waals surface area contributed by atoms with Gasteiger partial charge in [0.05, 0.1) is 6.07 Å². The van der Waals surface area contributed by atoms with E-state index in [0.717, 1.165) is 50.3 Å². The Kier molecular flexibility index (Phi) is 11.6. The number of carbonyl (C=O) groups is 3. The van der Waals surface area contributed by atoms with Gasteiger partial charge < -0.3 is 20.5 Å². The molecule has 1 aromatic carbocycles. The van der Waals surface area contributed by atoms with Gasteiger partial charge in [-0.15, -0.1) is 0 Å². The van der Waals surface area contributed by atoms with Crippen molar-refractivity contribution < 1.29 is 40.0 Å². The predicted octanol–water partition coefficient (Wildman–Crippen LogP) is 4.14. The summed E-state index contributed by atoms with van der Waals surface area (Å²) in [5.41, 5.74) is 4.91. The number of nitrogens with one attached hydrogen (secondary N) is 4. The zero-order chi connectivity index (χ0) is 36.5. The van der Waals surface area contributed by atoms with Crippen molar-refractivity contribution in [2.45, 2.75) is 105 Å². The molecule has 1 aromatic rings. The first-order valence-corrected chi connectivity index (χ1v) is 18.1. The van der Waals surface area contributed by atoms with Crippen molar-refractivity contribution >= 4 is 40.4 Å². The molecule has 3 saturated carbocycles. The summed E-state index contributed by atoms with van der Waals surface area (Å²) in [4.78, 5) is 37.1. The predicted molar refractivity (Wildman–Crippen MR) is 186 cm³/mol. The summed E-state index contributed by atoms with van der Waals surface area (Å²) >= 11 is 0. The van der Waals surface area contributed by atoms with Gasteiger partial charge in [-0.2, -0.15) is 15.6 Å². The zero-order valence-corrected chi connectivity index (χ0v) is 30.2. The summed E-state index contributed by atoms with van der Waals surface area (Å²) in [6, 6.07) is 3.91. The van der Waals surface area contributed by atoms with Gasteiger partial charge in [0.25, 0.3) is 0 Å². The minimum absolute atomic E-state index is 0.0162. The van der Waals surface area contributed by atoms with Gasteiger partial charge in [0.1, 0.15) is 17.6 Å². The van der Waals surface area contributed by atoms with Crippen LogP contribution in [0.1, 0.15) is 99.3 Å². The highest BCUT2D eigenvalue weighted by atomic mass is 16.8. The number of rotatable bonds is 12. The first-order valence-electron chi connectivity index (χ1n) is 18.1. The fraction of sp³-hybridized carbons (Fsp3) is 0.676. The van der Waals surface area contributed by atoms with Gasteiger partial charge in [0, 0.05) is 56.8 Å². The lowest BCUT2D eigenvalue weighted by molar-refractivity contribution is -0.996. The highest BCUT2D eigenvalue weighted by molar-refractivity contribution is 5.96. The van der Waals surface area contributed by atoms with E-state index in [1.165, 1.54) is 31.6 Å². The fourth-order valence-corrected chi connectivity index (χ4v) is 10.1. The molecule has 276 valence electrons. The van der Waals surface area contributed by atoms with Crippen molar-refractivity contribution in [3.63, 3.8) is 0 Å². The topological polar surface area (TPSA) is 192 Å². The Balaban J connectivity index is 1.45. The number of allylic oxidation sites excluding steroid dienone is 1. The van der Waals surface area contributed by atoms with E-state index in [1.807, 2.05) is 13.8 Å². The smallest absolute Gasteiger partial charge is 0.302 e. The lowest BCUT2D eigenvalue weighted by atomic mass is 9.47. The SMILES string of the molecule is CC(=O)NCC(C)CCC(=O)C(C)C1C(=NNc2ccc([NH+]([O-])O)cc2[NH+]([O-])O)CC2C3CC=C4CC(OC(C)=O)CCC4(C)C3CCC21C. The molecule has 13 heteroatoms. The second-order valence-corrected chi connectivity index (χ2v) is 15.9. The third-order valence-electron chi connectivity index (χ3n) is 12.7. The van der Waals surface area contributed by atoms with E-state index in [2.05, 4.69) is 30.7 Å². The molecule has 0 aliphatic heterocycles. The standard InChI is InChI=1S/C37H55N5O8/c1-21(20-38-23(3)43)7-12-34(45)22(2)35-32(40-39-31-11-9-26(41(46)47)18-33(31)42(48)49)19-30-28-10-8-25-17-27(50-24(4)44)13-15-36(25,5)29(28)14-16-37(30,35)6/h8-9,11,18,21-22,27-30,35,39,41-42,46,48H,7,10,12-17,19-20H2,1-6H3,(H,38,43). The van der Waals surface area contributed by atoms with Gasteiger partial charge in [0.2, 0.25) is 5.91 Å². The molecule has 1 amide bonds. The molecule has 6 N–H and O–H groups in total. The number of Topliss-reactive ketones (excluding diaryl/α,β-unsaturated/α-hetero) is 1. The quantitative estimate of drug-likeness (QED) is 0.106. The molecule has 50 heavy (non-hydrogen) atoms. The number of carbonyl (C=O) groups excluding carboxylic acids is 3. The molecule has 0 heterocycles. The van der Waals surface area contributed by atoms with Crippen LogP contribution in [-0.2, 0) is 19.1 Å². The molecule has 4 aliphatic carbocycles. The van der Waals surface area contributed by atoms with Gasteiger partial charge >= 0.3 is 5.97 Å². The van der Waals surface area contributed by atoms with E-state index in [9.17, 15) is 35.2 Å². The molecule has 5 rings (SSSR count). The summed E-state index contributed by atoms with van der Waals surface area (Å²) in [7, 11) is 0. The first-order chi connectivity index (χ1) is 23.5. The highest BCUT2D eigenvalue weighted by Gasteiger charge is 2.62. The van der Waals surface area contributed by atoms with Gasteiger partial charge in [-0.05, 0) is 85.5 Å². The van der Waals surface area contributed by atoms with Crippen LogP contribution in [0.2, 0.25) is 0 Å². The number of anilines is 1. The van der Waals surface area contributed by atoms with E-state index in [1.54, 1.807) is 0 Å². The van der Waals surface area contributed by atoms with Crippen LogP contribution >= 0.6 is 0 Å². The van der Waals surface area contributed by atoms with Crippen molar-refractivity contribution in [3.05, 3.63) is 40.3 Å². The van der Waals surface area contributed by atoms with Crippen molar-refractivity contribution in [2.75, 3.05) is 12.0 Å². The average molecular weight is 698 g/mol. The molecule has 0 bridgehead atoms. The Morgan fingerprint density at radius 3 is 2.46 bits per heavy atom. The summed E-state index contributed by atoms with van der Waals surface area (Å²) in [6.07, 6.45) is 9.49. The minimum atomic E-state index is -1.26. The second-order valence-electron chi connectivity index (χ2n) is 15.9. The number of benzene rings is 1. The summed E-state index contributed by atoms with van der Waals surface area (Å²) in [5.74, 6) is 0.576. The summed E-state index contributed by atoms with van der Waals surface area (Å²) in [6.45, 7) is 12.2. The molecule has 0 spiro atoms. The molecule has 4 aliphatic rings. The Morgan fingerprint density at radius 2 is 1.80 bits per heavy atom. The van der Waals surface area contributed by atoms with E-state index in [4.69, 9.17) is 9.84 Å². The monoisotopic (exact) mass is 697 g/mol. The third kappa shape index (κ3) is 7.68. The van der Waals surface area contributed by atoms with Crippen molar-refractivity contribution in [1.29, 1.82) is 0 Å². The van der Waals surface area contributed by atoms with Crippen LogP contribution < -0.4 is 21.2 Å². The molecule has 11 atom stereocenters. The van der Waals surface area contributed by atoms with Crippen LogP contribution in [0.5, 0.6) is 0 Å². The Hall–Kier alpha value is -3.20. The number of fused-ring (bicyclic) bond motifs is 5. The van der Waals surface area contributed by atoms with E-state index < -0.39 is 10.5 Å². The van der Waals surface area contributed by atoms with Crippen LogP contribution in [0.25, 0.3) is 0 Å². The van der Waals surface area contributed by atoms with Gasteiger partial charge in [-0.1, -0.05) is 39.3 Å². The maximum atomic E-state index is 13.9. The summed E-state index contributed by atoms with van der Waals surface area (Å²) in [5, 5.41) is 48.2. The normalized spacial score (nSPS) is 33.5. The van der Waals surface area contributed by atoms with Crippen LogP contribution in [0.4, 0.5) is 17.1 Å². The second kappa shape index (κ2) is 15.2. The van der Waals surface area contributed by atoms with Crippen LogP contribution in [-0.4, -0.2) is 46.4 Å².